The zero-order valence-corrected chi connectivity index (χ0v) is 11.9. The average Bonchev–Trinajstić information content (AvgIpc) is 2.40. The number of non-ortho nitro benzene ring substituents is 1. The lowest BCUT2D eigenvalue weighted by atomic mass is 10.2. The molecule has 1 aromatic carbocycles. The van der Waals surface area contributed by atoms with Crippen LogP contribution in [-0.2, 0) is 25.2 Å². The molecule has 8 nitrogen and oxygen atoms in total. The van der Waals surface area contributed by atoms with Crippen LogP contribution in [0.15, 0.2) is 24.3 Å². The Balaban J connectivity index is 2.64. The Labute approximate surface area is 116 Å². The lowest BCUT2D eigenvalue weighted by Crippen LogP contribution is -2.34. The summed E-state index contributed by atoms with van der Waals surface area (Å²) in [4.78, 5) is 9.94. The summed E-state index contributed by atoms with van der Waals surface area (Å²) >= 11 is 0. The van der Waals surface area contributed by atoms with Gasteiger partial charge in [-0.05, 0) is 5.56 Å². The maximum Gasteiger partial charge on any atom is 0.269 e. The Morgan fingerprint density at radius 3 is 2.25 bits per heavy atom. The van der Waals surface area contributed by atoms with Gasteiger partial charge in [-0.25, -0.2) is 13.1 Å². The van der Waals surface area contributed by atoms with Gasteiger partial charge in [-0.15, -0.1) is 0 Å². The molecule has 0 saturated heterocycles. The second-order valence-corrected chi connectivity index (χ2v) is 5.74. The van der Waals surface area contributed by atoms with Gasteiger partial charge in [0.15, 0.2) is 6.29 Å². The molecule has 20 heavy (non-hydrogen) atoms. The highest BCUT2D eigenvalue weighted by Gasteiger charge is 2.15. The largest absolute Gasteiger partial charge is 0.355 e. The highest BCUT2D eigenvalue weighted by Crippen LogP contribution is 2.13. The van der Waals surface area contributed by atoms with Gasteiger partial charge >= 0.3 is 0 Å². The predicted octanol–water partition coefficient (Wildman–Crippen LogP) is 0.633. The standard InChI is InChI=1S/C11H16N2O6S/c1-18-11(19-2)7-12-20(16,17)8-9-3-5-10(6-4-9)13(14)15/h3-6,11-12H,7-8H2,1-2H3. The Hall–Kier alpha value is -1.55. The van der Waals surface area contributed by atoms with E-state index in [1.165, 1.54) is 38.5 Å². The van der Waals surface area contributed by atoms with E-state index in [-0.39, 0.29) is 18.0 Å². The molecule has 1 N–H and O–H groups in total. The summed E-state index contributed by atoms with van der Waals surface area (Å²) in [7, 11) is -0.760. The monoisotopic (exact) mass is 304 g/mol. The fourth-order valence-corrected chi connectivity index (χ4v) is 2.57. The van der Waals surface area contributed by atoms with Gasteiger partial charge in [0.1, 0.15) is 0 Å². The summed E-state index contributed by atoms with van der Waals surface area (Å²) in [5, 5.41) is 10.5. The Bertz CT molecular complexity index is 539. The first kappa shape index (κ1) is 16.5. The fourth-order valence-electron chi connectivity index (χ4n) is 1.44. The molecule has 0 aliphatic heterocycles. The Morgan fingerprint density at radius 1 is 1.25 bits per heavy atom. The number of nitro groups is 1. The molecular weight excluding hydrogens is 288 g/mol. The number of hydrogen-bond acceptors (Lipinski definition) is 6. The van der Waals surface area contributed by atoms with Crippen LogP contribution in [0.5, 0.6) is 0 Å². The van der Waals surface area contributed by atoms with Crippen LogP contribution in [-0.4, -0.2) is 40.4 Å². The van der Waals surface area contributed by atoms with Crippen molar-refractivity contribution < 1.29 is 22.8 Å². The van der Waals surface area contributed by atoms with E-state index < -0.39 is 21.2 Å². The number of hydrogen-bond donors (Lipinski definition) is 1. The lowest BCUT2D eigenvalue weighted by Gasteiger charge is -2.14. The highest BCUT2D eigenvalue weighted by atomic mass is 32.2. The number of methoxy groups -OCH3 is 2. The SMILES string of the molecule is COC(CNS(=O)(=O)Cc1ccc([N+](=O)[O-])cc1)OC. The number of benzene rings is 1. The van der Waals surface area contributed by atoms with E-state index in [4.69, 9.17) is 9.47 Å². The summed E-state index contributed by atoms with van der Waals surface area (Å²) in [6.07, 6.45) is -0.665. The van der Waals surface area contributed by atoms with Gasteiger partial charge < -0.3 is 9.47 Å². The van der Waals surface area contributed by atoms with E-state index in [0.29, 0.717) is 5.56 Å². The average molecular weight is 304 g/mol. The van der Waals surface area contributed by atoms with E-state index in [1.807, 2.05) is 0 Å². The molecule has 0 bridgehead atoms. The third kappa shape index (κ3) is 5.21. The summed E-state index contributed by atoms with van der Waals surface area (Å²) in [5.41, 5.74) is 0.368. The second kappa shape index (κ2) is 7.29. The smallest absolute Gasteiger partial charge is 0.269 e. The Kier molecular flexibility index (Phi) is 6.02. The van der Waals surface area contributed by atoms with E-state index in [0.717, 1.165) is 0 Å². The molecule has 0 amide bonds. The van der Waals surface area contributed by atoms with E-state index in [9.17, 15) is 18.5 Å². The topological polar surface area (TPSA) is 108 Å². The number of nitro benzene ring substituents is 1. The molecule has 0 heterocycles. The second-order valence-electron chi connectivity index (χ2n) is 3.93. The molecule has 0 aliphatic rings. The maximum atomic E-state index is 11.8. The van der Waals surface area contributed by atoms with Gasteiger partial charge in [-0.2, -0.15) is 0 Å². The summed E-state index contributed by atoms with van der Waals surface area (Å²) in [6.45, 7) is -0.0116. The van der Waals surface area contributed by atoms with Crippen LogP contribution >= 0.6 is 0 Å². The van der Waals surface area contributed by atoms with Gasteiger partial charge in [0, 0.05) is 26.4 Å². The molecule has 0 unspecified atom stereocenters. The molecule has 0 aromatic heterocycles. The third-order valence-corrected chi connectivity index (χ3v) is 3.82. The van der Waals surface area contributed by atoms with Gasteiger partial charge in [0.2, 0.25) is 10.0 Å². The van der Waals surface area contributed by atoms with Gasteiger partial charge in [-0.3, -0.25) is 10.1 Å². The number of sulfonamides is 1. The minimum Gasteiger partial charge on any atom is -0.355 e. The van der Waals surface area contributed by atoms with Crippen molar-refractivity contribution in [2.45, 2.75) is 12.0 Å². The van der Waals surface area contributed by atoms with Crippen molar-refractivity contribution in [2.75, 3.05) is 20.8 Å². The molecule has 0 radical (unpaired) electrons. The fraction of sp³-hybridized carbons (Fsp3) is 0.455. The molecular formula is C11H16N2O6S. The molecule has 9 heteroatoms. The van der Waals surface area contributed by atoms with Crippen molar-refractivity contribution in [3.63, 3.8) is 0 Å². The van der Waals surface area contributed by atoms with Crippen LogP contribution in [0.4, 0.5) is 5.69 Å². The molecule has 0 fully saturated rings. The van der Waals surface area contributed by atoms with Crippen molar-refractivity contribution in [1.29, 1.82) is 0 Å². The minimum atomic E-state index is -3.56. The van der Waals surface area contributed by atoms with Crippen molar-refractivity contribution in [3.8, 4) is 0 Å². The number of nitrogens with zero attached hydrogens (tertiary/aromatic N) is 1. The zero-order valence-electron chi connectivity index (χ0n) is 11.1. The van der Waals surface area contributed by atoms with Crippen molar-refractivity contribution in [1.82, 2.24) is 4.72 Å². The summed E-state index contributed by atoms with van der Waals surface area (Å²) < 4.78 is 35.7. The van der Waals surface area contributed by atoms with Crippen LogP contribution in [0.2, 0.25) is 0 Å². The van der Waals surface area contributed by atoms with Crippen LogP contribution in [0.1, 0.15) is 5.56 Å². The molecule has 112 valence electrons. The first-order chi connectivity index (χ1) is 9.38. The number of nitrogens with one attached hydrogen (secondary N) is 1. The predicted molar refractivity (Wildman–Crippen MR) is 71.5 cm³/mol. The first-order valence-electron chi connectivity index (χ1n) is 5.64. The van der Waals surface area contributed by atoms with E-state index >= 15 is 0 Å². The number of rotatable bonds is 8. The van der Waals surface area contributed by atoms with Crippen molar-refractivity contribution in [3.05, 3.63) is 39.9 Å². The van der Waals surface area contributed by atoms with Gasteiger partial charge in [0.05, 0.1) is 17.2 Å². The lowest BCUT2D eigenvalue weighted by molar-refractivity contribution is -0.384. The van der Waals surface area contributed by atoms with Crippen LogP contribution in [0.25, 0.3) is 0 Å². The quantitative estimate of drug-likeness (QED) is 0.429. The third-order valence-electron chi connectivity index (χ3n) is 2.50. The van der Waals surface area contributed by atoms with Crippen molar-refractivity contribution >= 4 is 15.7 Å². The van der Waals surface area contributed by atoms with E-state index in [2.05, 4.69) is 4.72 Å². The summed E-state index contributed by atoms with van der Waals surface area (Å²) in [5.74, 6) is -0.273. The van der Waals surface area contributed by atoms with Crippen molar-refractivity contribution in [2.24, 2.45) is 0 Å². The van der Waals surface area contributed by atoms with Crippen LogP contribution < -0.4 is 4.72 Å². The maximum absolute atomic E-state index is 11.8. The summed E-state index contributed by atoms with van der Waals surface area (Å²) in [6, 6.07) is 5.33. The normalized spacial score (nSPS) is 11.8. The molecule has 1 aromatic rings. The van der Waals surface area contributed by atoms with Gasteiger partial charge in [-0.1, -0.05) is 12.1 Å². The van der Waals surface area contributed by atoms with E-state index in [1.54, 1.807) is 0 Å². The van der Waals surface area contributed by atoms with Crippen LogP contribution in [0, 0.1) is 10.1 Å². The zero-order chi connectivity index (χ0) is 15.2. The molecule has 0 saturated carbocycles. The molecule has 0 aliphatic carbocycles. The number of ether oxygens (including phenoxy) is 2. The molecule has 1 rings (SSSR count). The van der Waals surface area contributed by atoms with Crippen LogP contribution in [0.3, 0.4) is 0 Å². The molecule has 0 atom stereocenters. The molecule has 0 spiro atoms. The Morgan fingerprint density at radius 2 is 1.80 bits per heavy atom. The highest BCUT2D eigenvalue weighted by molar-refractivity contribution is 7.88. The van der Waals surface area contributed by atoms with Gasteiger partial charge in [0.25, 0.3) is 5.69 Å². The first-order valence-corrected chi connectivity index (χ1v) is 7.29. The minimum absolute atomic E-state index is 0.0116.